The lowest BCUT2D eigenvalue weighted by Crippen LogP contribution is -2.13. The summed E-state index contributed by atoms with van der Waals surface area (Å²) in [6.07, 6.45) is -4.57. The van der Waals surface area contributed by atoms with Crippen LogP contribution in [0.4, 0.5) is 24.0 Å². The van der Waals surface area contributed by atoms with Gasteiger partial charge in [0.15, 0.2) is 10.9 Å². The molecule has 0 aliphatic heterocycles. The van der Waals surface area contributed by atoms with E-state index < -0.39 is 22.6 Å². The van der Waals surface area contributed by atoms with E-state index in [1.54, 1.807) is 0 Å². The maximum absolute atomic E-state index is 12.8. The summed E-state index contributed by atoms with van der Waals surface area (Å²) in [5, 5.41) is 13.4. The summed E-state index contributed by atoms with van der Waals surface area (Å²) in [7, 11) is 1.32. The molecule has 3 rings (SSSR count). The van der Waals surface area contributed by atoms with Crippen LogP contribution >= 0.6 is 11.3 Å². The van der Waals surface area contributed by atoms with Crippen LogP contribution in [0.25, 0.3) is 10.2 Å². The van der Waals surface area contributed by atoms with E-state index in [2.05, 4.69) is 10.3 Å². The minimum Gasteiger partial charge on any atom is -0.494 e. The first-order chi connectivity index (χ1) is 12.7. The molecule has 0 bridgehead atoms. The van der Waals surface area contributed by atoms with Crippen molar-refractivity contribution < 1.29 is 27.6 Å². The van der Waals surface area contributed by atoms with Gasteiger partial charge in [-0.15, -0.1) is 0 Å². The molecule has 11 heteroatoms. The monoisotopic (exact) mass is 397 g/mol. The highest BCUT2D eigenvalue weighted by Crippen LogP contribution is 2.36. The van der Waals surface area contributed by atoms with Gasteiger partial charge in [-0.05, 0) is 18.2 Å². The van der Waals surface area contributed by atoms with Gasteiger partial charge in [-0.2, -0.15) is 13.2 Å². The fourth-order valence-electron chi connectivity index (χ4n) is 2.31. The number of nitrogens with zero attached hydrogens (tertiary/aromatic N) is 2. The molecule has 0 saturated heterocycles. The number of ether oxygens (including phenoxy) is 1. The number of nitro groups is 1. The number of alkyl halides is 3. The third kappa shape index (κ3) is 3.82. The van der Waals surface area contributed by atoms with Crippen LogP contribution in [0.3, 0.4) is 0 Å². The van der Waals surface area contributed by atoms with Gasteiger partial charge >= 0.3 is 6.18 Å². The number of hydrogen-bond acceptors (Lipinski definition) is 6. The Morgan fingerprint density at radius 3 is 2.67 bits per heavy atom. The van der Waals surface area contributed by atoms with Gasteiger partial charge in [-0.1, -0.05) is 17.4 Å². The molecule has 0 aliphatic rings. The van der Waals surface area contributed by atoms with Crippen LogP contribution in [0.2, 0.25) is 0 Å². The molecule has 7 nitrogen and oxygen atoms in total. The Balaban J connectivity index is 1.93. The number of amides is 1. The number of carbonyl (C=O) groups is 1. The molecular weight excluding hydrogens is 387 g/mol. The predicted molar refractivity (Wildman–Crippen MR) is 92.2 cm³/mol. The minimum absolute atomic E-state index is 0.0752. The van der Waals surface area contributed by atoms with E-state index in [-0.39, 0.29) is 22.1 Å². The van der Waals surface area contributed by atoms with E-state index in [0.29, 0.717) is 10.2 Å². The van der Waals surface area contributed by atoms with E-state index >= 15 is 0 Å². The van der Waals surface area contributed by atoms with Gasteiger partial charge in [-0.25, -0.2) is 4.98 Å². The Hall–Kier alpha value is -3.21. The third-order valence-corrected chi connectivity index (χ3v) is 4.47. The topological polar surface area (TPSA) is 94.4 Å². The zero-order chi connectivity index (χ0) is 19.8. The van der Waals surface area contributed by atoms with Crippen molar-refractivity contribution in [2.75, 3.05) is 12.4 Å². The molecule has 1 amide bonds. The number of carbonyl (C=O) groups excluding carboxylic acids is 1. The van der Waals surface area contributed by atoms with Gasteiger partial charge in [0.25, 0.3) is 11.6 Å². The zero-order valence-corrected chi connectivity index (χ0v) is 14.4. The molecule has 27 heavy (non-hydrogen) atoms. The van der Waals surface area contributed by atoms with Gasteiger partial charge in [-0.3, -0.25) is 20.2 Å². The molecule has 3 aromatic rings. The Bertz CT molecular complexity index is 1050. The first kappa shape index (κ1) is 18.6. The number of rotatable bonds is 4. The summed E-state index contributed by atoms with van der Waals surface area (Å²) in [5.41, 5.74) is -1.05. The molecule has 0 radical (unpaired) electrons. The number of nitro benzene ring substituents is 1. The largest absolute Gasteiger partial charge is 0.494 e. The van der Waals surface area contributed by atoms with Gasteiger partial charge in [0.05, 0.1) is 28.4 Å². The van der Waals surface area contributed by atoms with Crippen molar-refractivity contribution in [1.29, 1.82) is 0 Å². The van der Waals surface area contributed by atoms with E-state index in [4.69, 9.17) is 4.74 Å². The summed E-state index contributed by atoms with van der Waals surface area (Å²) in [6, 6.07) is 6.42. The summed E-state index contributed by atoms with van der Waals surface area (Å²) >= 11 is 0.941. The van der Waals surface area contributed by atoms with E-state index in [1.807, 2.05) is 0 Å². The molecule has 1 heterocycles. The molecule has 0 fully saturated rings. The molecule has 0 unspecified atom stereocenters. The summed E-state index contributed by atoms with van der Waals surface area (Å²) in [4.78, 5) is 26.8. The van der Waals surface area contributed by atoms with Crippen molar-refractivity contribution in [3.8, 4) is 5.75 Å². The second-order valence-electron chi connectivity index (χ2n) is 5.30. The van der Waals surface area contributed by atoms with Crippen molar-refractivity contribution in [1.82, 2.24) is 4.98 Å². The predicted octanol–water partition coefficient (Wildman–Crippen LogP) is 4.48. The summed E-state index contributed by atoms with van der Waals surface area (Å²) < 4.78 is 43.8. The van der Waals surface area contributed by atoms with E-state index in [0.717, 1.165) is 29.5 Å². The van der Waals surface area contributed by atoms with Gasteiger partial charge in [0, 0.05) is 11.6 Å². The van der Waals surface area contributed by atoms with Crippen molar-refractivity contribution in [2.45, 2.75) is 6.18 Å². The number of anilines is 1. The number of benzene rings is 2. The maximum Gasteiger partial charge on any atom is 0.416 e. The minimum atomic E-state index is -4.57. The second kappa shape index (κ2) is 6.83. The number of halogens is 3. The average Bonchev–Trinajstić information content (AvgIpc) is 3.02. The van der Waals surface area contributed by atoms with E-state index in [9.17, 15) is 28.1 Å². The quantitative estimate of drug-likeness (QED) is 0.517. The highest BCUT2D eigenvalue weighted by atomic mass is 32.1. The van der Waals surface area contributed by atoms with Crippen LogP contribution in [0.15, 0.2) is 36.4 Å². The molecule has 2 aromatic carbocycles. The molecular formula is C16H10F3N3O4S. The first-order valence-corrected chi connectivity index (χ1v) is 8.12. The molecule has 140 valence electrons. The number of nitrogens with one attached hydrogen (secondary N) is 1. The van der Waals surface area contributed by atoms with Crippen LogP contribution in [0.5, 0.6) is 5.75 Å². The number of hydrogen-bond donors (Lipinski definition) is 1. The van der Waals surface area contributed by atoms with Crippen LogP contribution in [-0.4, -0.2) is 22.9 Å². The highest BCUT2D eigenvalue weighted by Gasteiger charge is 2.31. The first-order valence-electron chi connectivity index (χ1n) is 7.30. The maximum atomic E-state index is 12.8. The average molecular weight is 397 g/mol. The fraction of sp³-hybridized carbons (Fsp3) is 0.125. The van der Waals surface area contributed by atoms with Gasteiger partial charge in [0.2, 0.25) is 0 Å². The standard InChI is InChI=1S/C16H10F3N3O4S/c1-26-11-6-10(22(24)25)7-12-13(11)20-15(27-12)21-14(23)8-3-2-4-9(5-8)16(17,18)19/h2-7H,1H3,(H,20,21,23). The van der Waals surface area contributed by atoms with E-state index in [1.165, 1.54) is 25.3 Å². The number of aromatic nitrogens is 1. The highest BCUT2D eigenvalue weighted by molar-refractivity contribution is 7.22. The molecule has 0 spiro atoms. The molecule has 0 atom stereocenters. The fourth-order valence-corrected chi connectivity index (χ4v) is 3.22. The Kier molecular flexibility index (Phi) is 4.70. The molecule has 1 N–H and O–H groups in total. The van der Waals surface area contributed by atoms with Crippen LogP contribution in [0.1, 0.15) is 15.9 Å². The second-order valence-corrected chi connectivity index (χ2v) is 6.33. The van der Waals surface area contributed by atoms with Crippen molar-refractivity contribution in [3.05, 3.63) is 57.6 Å². The normalized spacial score (nSPS) is 11.4. The number of non-ortho nitro benzene ring substituents is 1. The SMILES string of the molecule is COc1cc([N+](=O)[O-])cc2sc(NC(=O)c3cccc(C(F)(F)F)c3)nc12. The van der Waals surface area contributed by atoms with Crippen LogP contribution in [0, 0.1) is 10.1 Å². The molecule has 1 aromatic heterocycles. The Morgan fingerprint density at radius 1 is 1.30 bits per heavy atom. The van der Waals surface area contributed by atoms with Crippen molar-refractivity contribution >= 4 is 38.3 Å². The van der Waals surface area contributed by atoms with Crippen LogP contribution in [-0.2, 0) is 6.18 Å². The Morgan fingerprint density at radius 2 is 2.04 bits per heavy atom. The molecule has 0 saturated carbocycles. The Labute approximate surface area is 153 Å². The smallest absolute Gasteiger partial charge is 0.416 e. The van der Waals surface area contributed by atoms with Gasteiger partial charge < -0.3 is 4.74 Å². The summed E-state index contributed by atoms with van der Waals surface area (Å²) in [5.74, 6) is -0.636. The number of fused-ring (bicyclic) bond motifs is 1. The molecule has 0 aliphatic carbocycles. The van der Waals surface area contributed by atoms with Crippen LogP contribution < -0.4 is 10.1 Å². The number of methoxy groups -OCH3 is 1. The lowest BCUT2D eigenvalue weighted by atomic mass is 10.1. The van der Waals surface area contributed by atoms with Crippen molar-refractivity contribution in [3.63, 3.8) is 0 Å². The summed E-state index contributed by atoms with van der Waals surface area (Å²) in [6.45, 7) is 0. The zero-order valence-electron chi connectivity index (χ0n) is 13.5. The lowest BCUT2D eigenvalue weighted by molar-refractivity contribution is -0.384. The van der Waals surface area contributed by atoms with Gasteiger partial charge in [0.1, 0.15) is 5.52 Å². The van der Waals surface area contributed by atoms with Crippen molar-refractivity contribution in [2.24, 2.45) is 0 Å². The third-order valence-electron chi connectivity index (χ3n) is 3.55. The lowest BCUT2D eigenvalue weighted by Gasteiger charge is -2.08. The number of thiazole rings is 1.